The molecule has 0 rings (SSSR count). The molecular formula is C15H23N. The third kappa shape index (κ3) is 6.99. The fourth-order valence-corrected chi connectivity index (χ4v) is 1.07. The molecule has 0 saturated heterocycles. The highest BCUT2D eigenvalue weighted by molar-refractivity contribution is 6.10. The topological polar surface area (TPSA) is 12.4 Å². The molecule has 0 spiro atoms. The highest BCUT2D eigenvalue weighted by Gasteiger charge is 1.96. The maximum absolute atomic E-state index is 4.43. The molecule has 0 saturated carbocycles. The minimum Gasteiger partial charge on any atom is -0.257 e. The molecule has 0 atom stereocenters. The van der Waals surface area contributed by atoms with Gasteiger partial charge < -0.3 is 0 Å². The number of hydrogen-bond donors (Lipinski definition) is 0. The normalized spacial score (nSPS) is 12.8. The van der Waals surface area contributed by atoms with Gasteiger partial charge in [0.15, 0.2) is 0 Å². The maximum atomic E-state index is 4.43. The van der Waals surface area contributed by atoms with E-state index in [0.717, 1.165) is 11.3 Å². The number of nitrogens with zero attached hydrogens (tertiary/aromatic N) is 1. The van der Waals surface area contributed by atoms with Crippen molar-refractivity contribution >= 4 is 5.71 Å². The van der Waals surface area contributed by atoms with Gasteiger partial charge in [-0.15, -0.1) is 0 Å². The van der Waals surface area contributed by atoms with Gasteiger partial charge in [-0.1, -0.05) is 44.2 Å². The van der Waals surface area contributed by atoms with Crippen LogP contribution in [0.15, 0.2) is 53.2 Å². The van der Waals surface area contributed by atoms with Crippen molar-refractivity contribution in [2.75, 3.05) is 0 Å². The van der Waals surface area contributed by atoms with Gasteiger partial charge in [0.1, 0.15) is 0 Å². The average Bonchev–Trinajstić information content (AvgIpc) is 2.15. The quantitative estimate of drug-likeness (QED) is 0.467. The van der Waals surface area contributed by atoms with Crippen molar-refractivity contribution in [3.8, 4) is 0 Å². The van der Waals surface area contributed by atoms with Crippen LogP contribution in [0.2, 0.25) is 0 Å². The minimum atomic E-state index is 0.520. The van der Waals surface area contributed by atoms with E-state index in [1.165, 1.54) is 5.57 Å². The predicted octanol–water partition coefficient (Wildman–Crippen LogP) is 4.70. The Morgan fingerprint density at radius 1 is 1.25 bits per heavy atom. The summed E-state index contributed by atoms with van der Waals surface area (Å²) in [5.41, 5.74) is 3.09. The molecule has 88 valence electrons. The highest BCUT2D eigenvalue weighted by Crippen LogP contribution is 2.04. The summed E-state index contributed by atoms with van der Waals surface area (Å²) < 4.78 is 0. The molecule has 1 nitrogen and oxygen atoms in total. The molecule has 0 heterocycles. The summed E-state index contributed by atoms with van der Waals surface area (Å²) in [7, 11) is 0. The summed E-state index contributed by atoms with van der Waals surface area (Å²) in [5.74, 6) is 0.520. The van der Waals surface area contributed by atoms with E-state index in [4.69, 9.17) is 0 Å². The minimum absolute atomic E-state index is 0.520. The van der Waals surface area contributed by atoms with E-state index >= 15 is 0 Å². The summed E-state index contributed by atoms with van der Waals surface area (Å²) >= 11 is 0. The van der Waals surface area contributed by atoms with Crippen molar-refractivity contribution in [1.82, 2.24) is 0 Å². The molecule has 0 bridgehead atoms. The first-order valence-electron chi connectivity index (χ1n) is 5.68. The van der Waals surface area contributed by atoms with Gasteiger partial charge >= 0.3 is 0 Å². The number of hydrogen-bond acceptors (Lipinski definition) is 1. The highest BCUT2D eigenvalue weighted by atomic mass is 14.7. The monoisotopic (exact) mass is 217 g/mol. The molecule has 0 aliphatic heterocycles. The van der Waals surface area contributed by atoms with Crippen LogP contribution in [0.4, 0.5) is 0 Å². The van der Waals surface area contributed by atoms with E-state index in [0.29, 0.717) is 5.92 Å². The van der Waals surface area contributed by atoms with Gasteiger partial charge in [0, 0.05) is 6.20 Å². The van der Waals surface area contributed by atoms with Crippen molar-refractivity contribution < 1.29 is 0 Å². The molecule has 1 heteroatoms. The molecule has 0 aromatic rings. The number of rotatable bonds is 5. The van der Waals surface area contributed by atoms with Crippen LogP contribution in [0.5, 0.6) is 0 Å². The fraction of sp³-hybridized carbons (Fsp3) is 0.400. The maximum Gasteiger partial charge on any atom is 0.0695 e. The standard InChI is InChI=1S/C15H23N/c1-7-8-14(6)15(11-13(4)5)16-10-9-12(2)3/h7-12H,6H2,1-5H3/b8-7-,10-9?,16-15?. The van der Waals surface area contributed by atoms with Crippen molar-refractivity contribution in [2.24, 2.45) is 10.9 Å². The zero-order valence-electron chi connectivity index (χ0n) is 11.1. The Morgan fingerprint density at radius 2 is 1.88 bits per heavy atom. The zero-order valence-corrected chi connectivity index (χ0v) is 11.1. The molecule has 0 aliphatic carbocycles. The van der Waals surface area contributed by atoms with Crippen molar-refractivity contribution in [2.45, 2.75) is 34.6 Å². The van der Waals surface area contributed by atoms with E-state index in [-0.39, 0.29) is 0 Å². The van der Waals surface area contributed by atoms with Crippen LogP contribution in [0.25, 0.3) is 0 Å². The van der Waals surface area contributed by atoms with Gasteiger partial charge in [-0.25, -0.2) is 0 Å². The third-order valence-electron chi connectivity index (χ3n) is 1.81. The van der Waals surface area contributed by atoms with Crippen LogP contribution < -0.4 is 0 Å². The molecular weight excluding hydrogens is 194 g/mol. The van der Waals surface area contributed by atoms with Gasteiger partial charge in [0.2, 0.25) is 0 Å². The second kappa shape index (κ2) is 7.86. The third-order valence-corrected chi connectivity index (χ3v) is 1.81. The van der Waals surface area contributed by atoms with Crippen molar-refractivity contribution in [3.63, 3.8) is 0 Å². The molecule has 0 amide bonds. The molecule has 0 aromatic heterocycles. The largest absolute Gasteiger partial charge is 0.257 e. The first-order valence-corrected chi connectivity index (χ1v) is 5.68. The van der Waals surface area contributed by atoms with E-state index in [2.05, 4.69) is 45.3 Å². The first-order chi connectivity index (χ1) is 7.47. The van der Waals surface area contributed by atoms with Gasteiger partial charge in [-0.2, -0.15) is 0 Å². The Hall–Kier alpha value is -1.37. The predicted molar refractivity (Wildman–Crippen MR) is 74.8 cm³/mol. The van der Waals surface area contributed by atoms with Gasteiger partial charge in [0.05, 0.1) is 5.71 Å². The lowest BCUT2D eigenvalue weighted by Gasteiger charge is -2.00. The van der Waals surface area contributed by atoms with Crippen LogP contribution in [0.3, 0.4) is 0 Å². The second-order valence-corrected chi connectivity index (χ2v) is 4.35. The summed E-state index contributed by atoms with van der Waals surface area (Å²) in [5, 5.41) is 0. The number of allylic oxidation sites excluding steroid dienone is 6. The Kier molecular flexibility index (Phi) is 7.19. The van der Waals surface area contributed by atoms with Gasteiger partial charge in [-0.05, 0) is 38.3 Å². The zero-order chi connectivity index (χ0) is 12.6. The molecule has 0 aliphatic rings. The summed E-state index contributed by atoms with van der Waals surface area (Å²) in [4.78, 5) is 4.43. The van der Waals surface area contributed by atoms with Crippen molar-refractivity contribution in [1.29, 1.82) is 0 Å². The average molecular weight is 217 g/mol. The van der Waals surface area contributed by atoms with Crippen LogP contribution in [-0.2, 0) is 0 Å². The second-order valence-electron chi connectivity index (χ2n) is 4.35. The molecule has 0 aromatic carbocycles. The summed E-state index contributed by atoms with van der Waals surface area (Å²) in [6.45, 7) is 14.4. The summed E-state index contributed by atoms with van der Waals surface area (Å²) in [6.07, 6.45) is 9.92. The molecule has 0 N–H and O–H groups in total. The lowest BCUT2D eigenvalue weighted by Crippen LogP contribution is -1.95. The first kappa shape index (κ1) is 14.6. The Morgan fingerprint density at radius 3 is 2.31 bits per heavy atom. The van der Waals surface area contributed by atoms with E-state index in [1.54, 1.807) is 0 Å². The molecule has 16 heavy (non-hydrogen) atoms. The number of aliphatic imine (C=N–C) groups is 1. The Balaban J connectivity index is 4.95. The van der Waals surface area contributed by atoms with E-state index in [9.17, 15) is 0 Å². The van der Waals surface area contributed by atoms with Crippen LogP contribution in [0.1, 0.15) is 34.6 Å². The summed E-state index contributed by atoms with van der Waals surface area (Å²) in [6, 6.07) is 0. The fourth-order valence-electron chi connectivity index (χ4n) is 1.07. The van der Waals surface area contributed by atoms with Crippen LogP contribution in [-0.4, -0.2) is 5.71 Å². The Labute approximate surface area is 100.0 Å². The Bertz CT molecular complexity index is 334. The van der Waals surface area contributed by atoms with Gasteiger partial charge in [0.25, 0.3) is 0 Å². The molecule has 0 radical (unpaired) electrons. The smallest absolute Gasteiger partial charge is 0.0695 e. The SMILES string of the molecule is C=C(/C=C\C)C(C=C(C)C)=NC=CC(C)C. The molecule has 0 fully saturated rings. The van der Waals surface area contributed by atoms with Crippen LogP contribution in [0, 0.1) is 5.92 Å². The van der Waals surface area contributed by atoms with E-state index < -0.39 is 0 Å². The lowest BCUT2D eigenvalue weighted by atomic mass is 10.1. The van der Waals surface area contributed by atoms with Crippen LogP contribution >= 0.6 is 0 Å². The molecule has 0 unspecified atom stereocenters. The lowest BCUT2D eigenvalue weighted by molar-refractivity contribution is 0.829. The van der Waals surface area contributed by atoms with Gasteiger partial charge in [-0.3, -0.25) is 4.99 Å². The van der Waals surface area contributed by atoms with E-state index in [1.807, 2.05) is 31.4 Å². The van der Waals surface area contributed by atoms with Crippen molar-refractivity contribution in [3.05, 3.63) is 48.2 Å².